The van der Waals surface area contributed by atoms with E-state index in [2.05, 4.69) is 10.6 Å². The Morgan fingerprint density at radius 2 is 1.62 bits per heavy atom. The summed E-state index contributed by atoms with van der Waals surface area (Å²) in [6.07, 6.45) is 0. The van der Waals surface area contributed by atoms with Crippen molar-refractivity contribution >= 4 is 34.8 Å². The largest absolute Gasteiger partial charge is 0.321 e. The Morgan fingerprint density at radius 1 is 1.08 bits per heavy atom. The van der Waals surface area contributed by atoms with Crippen LogP contribution in [0.5, 0.6) is 0 Å². The number of nitriles is 1. The predicted octanol–water partition coefficient (Wildman–Crippen LogP) is 1.69. The third-order valence-electron chi connectivity index (χ3n) is 3.98. The predicted molar refractivity (Wildman–Crippen MR) is 101 cm³/mol. The minimum absolute atomic E-state index is 0.143. The zero-order valence-electron chi connectivity index (χ0n) is 14.5. The molecule has 3 N–H and O–H groups in total. The number of halogens is 1. The van der Waals surface area contributed by atoms with Crippen molar-refractivity contribution in [2.24, 2.45) is 0 Å². The van der Waals surface area contributed by atoms with E-state index in [1.165, 1.54) is 0 Å². The first-order valence-electron chi connectivity index (χ1n) is 8.08. The molecule has 0 aliphatic heterocycles. The van der Waals surface area contributed by atoms with Crippen molar-refractivity contribution in [1.82, 2.24) is 0 Å². The van der Waals surface area contributed by atoms with Gasteiger partial charge in [0, 0.05) is 16.4 Å². The maximum Gasteiger partial charge on any atom is 0.282 e. The van der Waals surface area contributed by atoms with Gasteiger partial charge in [-0.3, -0.25) is 9.59 Å². The quantitative estimate of drug-likeness (QED) is 0.722. The van der Waals surface area contributed by atoms with Crippen molar-refractivity contribution in [3.05, 3.63) is 59.1 Å². The van der Waals surface area contributed by atoms with Crippen LogP contribution in [0.2, 0.25) is 5.02 Å². The molecule has 0 saturated carbocycles. The molecule has 2 aromatic rings. The number of hydrogen-bond acceptors (Lipinski definition) is 3. The molecule has 1 unspecified atom stereocenters. The molecule has 0 bridgehead atoms. The van der Waals surface area contributed by atoms with Gasteiger partial charge in [0.15, 0.2) is 12.6 Å². The fraction of sp³-hybridized carbons (Fsp3) is 0.211. The van der Waals surface area contributed by atoms with Gasteiger partial charge in [-0.2, -0.15) is 5.26 Å². The van der Waals surface area contributed by atoms with Crippen LogP contribution in [-0.4, -0.2) is 31.4 Å². The number of hydrogen-bond donors (Lipinski definition) is 3. The summed E-state index contributed by atoms with van der Waals surface area (Å²) >= 11 is 5.82. The highest BCUT2D eigenvalue weighted by Gasteiger charge is 2.24. The average Bonchev–Trinajstić information content (AvgIpc) is 2.63. The normalized spacial score (nSPS) is 12.5. The first kappa shape index (κ1) is 19.4. The van der Waals surface area contributed by atoms with E-state index in [-0.39, 0.29) is 18.4 Å². The van der Waals surface area contributed by atoms with Gasteiger partial charge in [0.2, 0.25) is 0 Å². The van der Waals surface area contributed by atoms with Crippen molar-refractivity contribution < 1.29 is 14.5 Å². The zero-order valence-corrected chi connectivity index (χ0v) is 15.3. The van der Waals surface area contributed by atoms with Gasteiger partial charge in [-0.1, -0.05) is 11.6 Å². The van der Waals surface area contributed by atoms with Crippen LogP contribution < -0.4 is 15.5 Å². The number of likely N-dealkylation sites (N-methyl/N-ethyl adjacent to an activating group) is 1. The average molecular weight is 372 g/mol. The van der Waals surface area contributed by atoms with E-state index in [1.54, 1.807) is 62.5 Å². The monoisotopic (exact) mass is 371 g/mol. The number of amides is 2. The number of carbonyl (C=O) groups excluding carboxylic acids is 2. The Bertz CT molecular complexity index is 813. The van der Waals surface area contributed by atoms with Gasteiger partial charge in [0.1, 0.15) is 0 Å². The molecule has 0 aromatic heterocycles. The lowest BCUT2D eigenvalue weighted by molar-refractivity contribution is -0.885. The van der Waals surface area contributed by atoms with Crippen LogP contribution in [0.4, 0.5) is 11.4 Å². The molecule has 2 amide bonds. The standard InChI is InChI=1S/C19H19ClN4O2/c1-13(19(26)23-17-7-3-14(11-21)4-8-17)24(2)12-18(25)22-16-9-5-15(20)6-10-16/h3-10,13H,12H2,1-2H3,(H,22,25)(H,23,26)/p+1/t13-/m0/s1. The SMILES string of the molecule is C[C@@H](C(=O)Nc1ccc(C#N)cc1)[NH+](C)CC(=O)Nc1ccc(Cl)cc1. The van der Waals surface area contributed by atoms with Crippen molar-refractivity contribution in [3.63, 3.8) is 0 Å². The van der Waals surface area contributed by atoms with E-state index in [4.69, 9.17) is 16.9 Å². The van der Waals surface area contributed by atoms with E-state index in [1.807, 2.05) is 6.07 Å². The van der Waals surface area contributed by atoms with E-state index in [0.717, 1.165) is 4.90 Å². The van der Waals surface area contributed by atoms with Crippen LogP contribution in [-0.2, 0) is 9.59 Å². The lowest BCUT2D eigenvalue weighted by Crippen LogP contribution is -3.14. The van der Waals surface area contributed by atoms with Gasteiger partial charge in [-0.15, -0.1) is 0 Å². The summed E-state index contributed by atoms with van der Waals surface area (Å²) in [7, 11) is 1.78. The molecule has 0 heterocycles. The molecular weight excluding hydrogens is 352 g/mol. The van der Waals surface area contributed by atoms with Crippen LogP contribution in [0.15, 0.2) is 48.5 Å². The van der Waals surface area contributed by atoms with Gasteiger partial charge in [0.05, 0.1) is 18.7 Å². The number of quaternary nitrogens is 1. The smallest absolute Gasteiger partial charge is 0.282 e. The highest BCUT2D eigenvalue weighted by Crippen LogP contribution is 2.13. The Morgan fingerprint density at radius 3 is 2.19 bits per heavy atom. The molecule has 0 aliphatic rings. The molecule has 0 aliphatic carbocycles. The summed E-state index contributed by atoms with van der Waals surface area (Å²) in [6.45, 7) is 1.90. The Hall–Kier alpha value is -2.88. The molecule has 134 valence electrons. The zero-order chi connectivity index (χ0) is 19.1. The van der Waals surface area contributed by atoms with Crippen LogP contribution in [0.25, 0.3) is 0 Å². The highest BCUT2D eigenvalue weighted by molar-refractivity contribution is 6.30. The number of nitrogens with zero attached hydrogens (tertiary/aromatic N) is 1. The maximum atomic E-state index is 12.3. The molecule has 0 radical (unpaired) electrons. The second kappa shape index (κ2) is 8.99. The fourth-order valence-electron chi connectivity index (χ4n) is 2.25. The molecule has 6 nitrogen and oxygen atoms in total. The molecule has 7 heteroatoms. The summed E-state index contributed by atoms with van der Waals surface area (Å²) in [4.78, 5) is 25.2. The summed E-state index contributed by atoms with van der Waals surface area (Å²) in [5, 5.41) is 14.9. The molecule has 2 aromatic carbocycles. The van der Waals surface area contributed by atoms with Crippen LogP contribution in [0.3, 0.4) is 0 Å². The van der Waals surface area contributed by atoms with Crippen LogP contribution in [0.1, 0.15) is 12.5 Å². The van der Waals surface area contributed by atoms with E-state index >= 15 is 0 Å². The van der Waals surface area contributed by atoms with Gasteiger partial charge >= 0.3 is 0 Å². The molecule has 2 rings (SSSR count). The molecule has 0 spiro atoms. The number of nitrogens with one attached hydrogen (secondary N) is 3. The lowest BCUT2D eigenvalue weighted by atomic mass is 10.2. The molecule has 2 atom stereocenters. The second-order valence-electron chi connectivity index (χ2n) is 5.98. The first-order chi connectivity index (χ1) is 12.4. The first-order valence-corrected chi connectivity index (χ1v) is 8.45. The van der Waals surface area contributed by atoms with E-state index in [9.17, 15) is 9.59 Å². The van der Waals surface area contributed by atoms with Crippen molar-refractivity contribution in [1.29, 1.82) is 5.26 Å². The van der Waals surface area contributed by atoms with Gasteiger partial charge in [0.25, 0.3) is 11.8 Å². The topological polar surface area (TPSA) is 86.4 Å². The minimum atomic E-state index is -0.429. The van der Waals surface area contributed by atoms with Gasteiger partial charge in [-0.05, 0) is 55.5 Å². The minimum Gasteiger partial charge on any atom is -0.321 e. The van der Waals surface area contributed by atoms with Crippen LogP contribution >= 0.6 is 11.6 Å². The van der Waals surface area contributed by atoms with Crippen LogP contribution in [0, 0.1) is 11.3 Å². The van der Waals surface area contributed by atoms with Gasteiger partial charge < -0.3 is 15.5 Å². The fourth-order valence-corrected chi connectivity index (χ4v) is 2.37. The highest BCUT2D eigenvalue weighted by atomic mass is 35.5. The van der Waals surface area contributed by atoms with E-state index < -0.39 is 6.04 Å². The Balaban J connectivity index is 1.87. The lowest BCUT2D eigenvalue weighted by Gasteiger charge is -2.20. The third-order valence-corrected chi connectivity index (χ3v) is 4.23. The number of carbonyl (C=O) groups is 2. The molecule has 0 fully saturated rings. The van der Waals surface area contributed by atoms with Crippen molar-refractivity contribution in [2.75, 3.05) is 24.2 Å². The summed E-state index contributed by atoms with van der Waals surface area (Å²) in [6, 6.07) is 15.0. The van der Waals surface area contributed by atoms with Gasteiger partial charge in [-0.25, -0.2) is 0 Å². The van der Waals surface area contributed by atoms with Crippen molar-refractivity contribution in [2.45, 2.75) is 13.0 Å². The number of benzene rings is 2. The molecule has 0 saturated heterocycles. The number of rotatable bonds is 6. The Labute approximate surface area is 157 Å². The number of anilines is 2. The Kier molecular flexibility index (Phi) is 6.73. The summed E-state index contributed by atoms with van der Waals surface area (Å²) < 4.78 is 0. The third kappa shape index (κ3) is 5.59. The molecule has 26 heavy (non-hydrogen) atoms. The van der Waals surface area contributed by atoms with Crippen molar-refractivity contribution in [3.8, 4) is 6.07 Å². The summed E-state index contributed by atoms with van der Waals surface area (Å²) in [5.74, 6) is -0.394. The van der Waals surface area contributed by atoms with E-state index in [0.29, 0.717) is 22.0 Å². The maximum absolute atomic E-state index is 12.3. The second-order valence-corrected chi connectivity index (χ2v) is 6.41. The molecular formula is C19H20ClN4O2+. The summed E-state index contributed by atoms with van der Waals surface area (Å²) in [5.41, 5.74) is 1.79.